The number of esters is 1. The quantitative estimate of drug-likeness (QED) is 0.164. The molecule has 1 aromatic carbocycles. The molecule has 1 aromatic rings. The van der Waals surface area contributed by atoms with Crippen LogP contribution in [0.4, 0.5) is 17.6 Å². The first-order chi connectivity index (χ1) is 16.1. The zero-order chi connectivity index (χ0) is 26.6. The third kappa shape index (κ3) is 7.88. The second kappa shape index (κ2) is 11.0. The van der Waals surface area contributed by atoms with Crippen molar-refractivity contribution < 1.29 is 46.2 Å². The fourth-order valence-electron chi connectivity index (χ4n) is 3.07. The number of ether oxygens (including phenoxy) is 2. The molecular formula is C23H26F4N2O6. The lowest BCUT2D eigenvalue weighted by molar-refractivity contribution is -0.141. The van der Waals surface area contributed by atoms with Gasteiger partial charge < -0.3 is 14.8 Å². The minimum absolute atomic E-state index is 0.00549. The Labute approximate surface area is 199 Å². The summed E-state index contributed by atoms with van der Waals surface area (Å²) in [6.45, 7) is 6.44. The van der Waals surface area contributed by atoms with E-state index in [1.165, 1.54) is 0 Å². The van der Waals surface area contributed by atoms with Crippen LogP contribution < -0.4 is 10.1 Å². The molecule has 0 radical (unpaired) electrons. The van der Waals surface area contributed by atoms with Crippen LogP contribution in [0.15, 0.2) is 18.2 Å². The average Bonchev–Trinajstić information content (AvgIpc) is 3.05. The molecule has 12 heteroatoms. The van der Waals surface area contributed by atoms with Crippen LogP contribution in [0.5, 0.6) is 5.75 Å². The third-order valence-corrected chi connectivity index (χ3v) is 5.12. The Balaban J connectivity index is 1.79. The molecule has 3 amide bonds. The van der Waals surface area contributed by atoms with Crippen LogP contribution in [0.3, 0.4) is 0 Å². The molecule has 0 atom stereocenters. The molecule has 1 aliphatic rings. The second-order valence-corrected chi connectivity index (χ2v) is 9.16. The van der Waals surface area contributed by atoms with Crippen LogP contribution in [0, 0.1) is 23.3 Å². The Morgan fingerprint density at radius 1 is 0.943 bits per heavy atom. The summed E-state index contributed by atoms with van der Waals surface area (Å²) in [5.41, 5.74) is -1.66. The number of hydrogen-bond donors (Lipinski definition) is 1. The van der Waals surface area contributed by atoms with Gasteiger partial charge in [0.25, 0.3) is 11.8 Å². The van der Waals surface area contributed by atoms with E-state index in [0.29, 0.717) is 6.42 Å². The molecule has 192 valence electrons. The molecule has 1 heterocycles. The summed E-state index contributed by atoms with van der Waals surface area (Å²) in [5.74, 6) is -11.2. The Bertz CT molecular complexity index is 1010. The summed E-state index contributed by atoms with van der Waals surface area (Å²) in [4.78, 5) is 48.1. The van der Waals surface area contributed by atoms with Gasteiger partial charge in [0.15, 0.2) is 11.6 Å². The standard InChI is InChI=1S/C23H26F4N2O6/c1-22(2,28-15(30)12-29-16(31)5-6-17(29)32)9-10-34-23(3,4)8-7-18(33)35-21-19(26)13(24)11-14(25)20(21)27/h5-6,11H,7-10,12H2,1-4H3,(H,28,30). The van der Waals surface area contributed by atoms with Gasteiger partial charge in [-0.15, -0.1) is 0 Å². The van der Waals surface area contributed by atoms with Crippen LogP contribution >= 0.6 is 0 Å². The Morgan fingerprint density at radius 3 is 2.03 bits per heavy atom. The molecule has 8 nitrogen and oxygen atoms in total. The summed E-state index contributed by atoms with van der Waals surface area (Å²) in [7, 11) is 0. The first-order valence-corrected chi connectivity index (χ1v) is 10.6. The van der Waals surface area contributed by atoms with Gasteiger partial charge in [-0.2, -0.15) is 8.78 Å². The predicted octanol–water partition coefficient (Wildman–Crippen LogP) is 2.93. The topological polar surface area (TPSA) is 102 Å². The molecule has 1 N–H and O–H groups in total. The number of amides is 3. The van der Waals surface area contributed by atoms with Crippen LogP contribution in [0.2, 0.25) is 0 Å². The van der Waals surface area contributed by atoms with Gasteiger partial charge in [-0.3, -0.25) is 24.1 Å². The van der Waals surface area contributed by atoms with Crippen molar-refractivity contribution in [2.45, 2.75) is 58.1 Å². The van der Waals surface area contributed by atoms with Gasteiger partial charge in [-0.1, -0.05) is 0 Å². The monoisotopic (exact) mass is 502 g/mol. The van der Waals surface area contributed by atoms with E-state index >= 15 is 0 Å². The molecule has 0 unspecified atom stereocenters. The smallest absolute Gasteiger partial charge is 0.311 e. The van der Waals surface area contributed by atoms with Crippen molar-refractivity contribution >= 4 is 23.7 Å². The van der Waals surface area contributed by atoms with Crippen LogP contribution in [-0.4, -0.2) is 52.9 Å². The summed E-state index contributed by atoms with van der Waals surface area (Å²) in [5, 5.41) is 2.71. The summed E-state index contributed by atoms with van der Waals surface area (Å²) >= 11 is 0. The fourth-order valence-corrected chi connectivity index (χ4v) is 3.07. The Kier molecular flexibility index (Phi) is 8.77. The molecule has 0 saturated carbocycles. The van der Waals surface area contributed by atoms with Gasteiger partial charge in [0.1, 0.15) is 6.54 Å². The molecule has 0 aromatic heterocycles. The first kappa shape index (κ1) is 28.0. The number of imide groups is 1. The molecule has 0 fully saturated rings. The highest BCUT2D eigenvalue weighted by Gasteiger charge is 2.29. The van der Waals surface area contributed by atoms with Crippen molar-refractivity contribution in [2.75, 3.05) is 13.2 Å². The normalized spacial score (nSPS) is 14.0. The van der Waals surface area contributed by atoms with Gasteiger partial charge >= 0.3 is 5.97 Å². The molecule has 1 aliphatic heterocycles. The van der Waals surface area contributed by atoms with Gasteiger partial charge in [0.2, 0.25) is 23.3 Å². The molecule has 0 aliphatic carbocycles. The molecule has 35 heavy (non-hydrogen) atoms. The van der Waals surface area contributed by atoms with Crippen molar-refractivity contribution in [1.29, 1.82) is 0 Å². The maximum absolute atomic E-state index is 13.6. The van der Waals surface area contributed by atoms with E-state index in [4.69, 9.17) is 4.74 Å². The first-order valence-electron chi connectivity index (χ1n) is 10.6. The summed E-state index contributed by atoms with van der Waals surface area (Å²) in [6.07, 6.45) is 2.17. The number of hydrogen-bond acceptors (Lipinski definition) is 6. The number of carbonyl (C=O) groups excluding carboxylic acids is 4. The van der Waals surface area contributed by atoms with Crippen LogP contribution in [0.1, 0.15) is 47.0 Å². The average molecular weight is 502 g/mol. The van der Waals surface area contributed by atoms with E-state index in [-0.39, 0.29) is 25.5 Å². The molecule has 2 rings (SSSR count). The molecule has 0 spiro atoms. The molecule has 0 saturated heterocycles. The number of rotatable bonds is 11. The Hall–Kier alpha value is -3.28. The summed E-state index contributed by atoms with van der Waals surface area (Å²) < 4.78 is 64.0. The van der Waals surface area contributed by atoms with E-state index in [9.17, 15) is 36.7 Å². The highest BCUT2D eigenvalue weighted by atomic mass is 19.2. The fraction of sp³-hybridized carbons (Fsp3) is 0.478. The van der Waals surface area contributed by atoms with E-state index in [1.54, 1.807) is 27.7 Å². The van der Waals surface area contributed by atoms with Crippen molar-refractivity contribution in [1.82, 2.24) is 10.2 Å². The predicted molar refractivity (Wildman–Crippen MR) is 114 cm³/mol. The van der Waals surface area contributed by atoms with E-state index < -0.39 is 70.4 Å². The number of benzene rings is 1. The van der Waals surface area contributed by atoms with Crippen molar-refractivity contribution in [2.24, 2.45) is 0 Å². The van der Waals surface area contributed by atoms with Gasteiger partial charge in [0.05, 0.1) is 5.60 Å². The number of nitrogens with zero attached hydrogens (tertiary/aromatic N) is 1. The van der Waals surface area contributed by atoms with E-state index in [1.807, 2.05) is 0 Å². The van der Waals surface area contributed by atoms with Crippen molar-refractivity contribution in [3.05, 3.63) is 41.5 Å². The highest BCUT2D eigenvalue weighted by molar-refractivity contribution is 6.14. The maximum atomic E-state index is 13.6. The Morgan fingerprint density at radius 2 is 1.49 bits per heavy atom. The van der Waals surface area contributed by atoms with E-state index in [0.717, 1.165) is 17.1 Å². The number of nitrogens with one attached hydrogen (secondary N) is 1. The van der Waals surface area contributed by atoms with Crippen molar-refractivity contribution in [3.63, 3.8) is 0 Å². The lowest BCUT2D eigenvalue weighted by atomic mass is 9.99. The number of halogens is 4. The minimum Gasteiger partial charge on any atom is -0.420 e. The number of carbonyl (C=O) groups is 4. The lowest BCUT2D eigenvalue weighted by Crippen LogP contribution is -2.49. The third-order valence-electron chi connectivity index (χ3n) is 5.12. The van der Waals surface area contributed by atoms with Gasteiger partial charge in [0, 0.05) is 36.8 Å². The maximum Gasteiger partial charge on any atom is 0.311 e. The minimum atomic E-state index is -1.81. The molecular weight excluding hydrogens is 476 g/mol. The second-order valence-electron chi connectivity index (χ2n) is 9.16. The van der Waals surface area contributed by atoms with Gasteiger partial charge in [-0.25, -0.2) is 8.78 Å². The summed E-state index contributed by atoms with van der Waals surface area (Å²) in [6, 6.07) is 0.00549. The van der Waals surface area contributed by atoms with Crippen LogP contribution in [0.25, 0.3) is 0 Å². The van der Waals surface area contributed by atoms with Gasteiger partial charge in [-0.05, 0) is 40.5 Å². The van der Waals surface area contributed by atoms with Crippen molar-refractivity contribution in [3.8, 4) is 5.75 Å². The molecule has 0 bridgehead atoms. The zero-order valence-corrected chi connectivity index (χ0v) is 19.7. The van der Waals surface area contributed by atoms with E-state index in [2.05, 4.69) is 10.1 Å². The largest absolute Gasteiger partial charge is 0.420 e. The zero-order valence-electron chi connectivity index (χ0n) is 19.7. The highest BCUT2D eigenvalue weighted by Crippen LogP contribution is 2.27. The van der Waals surface area contributed by atoms with Crippen LogP contribution in [-0.2, 0) is 23.9 Å². The lowest BCUT2D eigenvalue weighted by Gasteiger charge is -2.30. The SMILES string of the molecule is CC(C)(CCOC(C)(C)CCC(=O)Oc1c(F)c(F)cc(F)c1F)NC(=O)CN1C(=O)C=CC1=O.